The molecule has 1 aliphatic heterocycles. The van der Waals surface area contributed by atoms with Crippen LogP contribution in [0.5, 0.6) is 5.75 Å². The van der Waals surface area contributed by atoms with Gasteiger partial charge < -0.3 is 15.2 Å². The maximum absolute atomic E-state index is 11.4. The molecule has 2 atom stereocenters. The molecular formula is C18H21NO4S. The van der Waals surface area contributed by atoms with Gasteiger partial charge in [0.05, 0.1) is 11.0 Å². The van der Waals surface area contributed by atoms with Gasteiger partial charge in [-0.15, -0.1) is 0 Å². The average Bonchev–Trinajstić information content (AvgIpc) is 2.96. The molecule has 2 aromatic carbocycles. The highest BCUT2D eigenvalue weighted by Crippen LogP contribution is 2.27. The highest BCUT2D eigenvalue weighted by Gasteiger charge is 2.22. The second kappa shape index (κ2) is 6.93. The molecule has 2 N–H and O–H groups in total. The summed E-state index contributed by atoms with van der Waals surface area (Å²) >= 11 is 0. The lowest BCUT2D eigenvalue weighted by Crippen LogP contribution is -2.32. The van der Waals surface area contributed by atoms with Crippen LogP contribution in [0.15, 0.2) is 53.4 Å². The number of sulfone groups is 1. The first kappa shape index (κ1) is 17.0. The minimum Gasteiger partial charge on any atom is -0.488 e. The van der Waals surface area contributed by atoms with E-state index in [2.05, 4.69) is 11.4 Å². The Balaban J connectivity index is 1.49. The zero-order valence-corrected chi connectivity index (χ0v) is 14.3. The quantitative estimate of drug-likeness (QED) is 0.832. The number of para-hydroxylation sites is 1. The molecule has 2 aromatic rings. The molecule has 0 bridgehead atoms. The van der Waals surface area contributed by atoms with E-state index in [9.17, 15) is 13.5 Å². The van der Waals surface area contributed by atoms with Crippen LogP contribution in [0.1, 0.15) is 17.2 Å². The van der Waals surface area contributed by atoms with Crippen LogP contribution in [-0.2, 0) is 16.3 Å². The van der Waals surface area contributed by atoms with Gasteiger partial charge in [0.2, 0.25) is 0 Å². The van der Waals surface area contributed by atoms with Gasteiger partial charge in [0.15, 0.2) is 9.84 Å². The van der Waals surface area contributed by atoms with Crippen LogP contribution in [0, 0.1) is 0 Å². The fraction of sp³-hybridized carbons (Fsp3) is 0.333. The van der Waals surface area contributed by atoms with Crippen molar-refractivity contribution < 1.29 is 18.3 Å². The molecule has 0 radical (unpaired) electrons. The predicted molar refractivity (Wildman–Crippen MR) is 91.9 cm³/mol. The van der Waals surface area contributed by atoms with Crippen LogP contribution in [0.4, 0.5) is 0 Å². The topological polar surface area (TPSA) is 75.6 Å². The molecule has 6 heteroatoms. The van der Waals surface area contributed by atoms with E-state index in [1.165, 1.54) is 24.0 Å². The van der Waals surface area contributed by atoms with E-state index >= 15 is 0 Å². The monoisotopic (exact) mass is 347 g/mol. The third-order valence-corrected chi connectivity index (χ3v) is 5.25. The van der Waals surface area contributed by atoms with Crippen molar-refractivity contribution in [2.24, 2.45) is 0 Å². The van der Waals surface area contributed by atoms with Gasteiger partial charge in [-0.05, 0) is 29.3 Å². The highest BCUT2D eigenvalue weighted by atomic mass is 32.2. The number of ether oxygens (including phenoxy) is 1. The lowest BCUT2D eigenvalue weighted by Gasteiger charge is -2.15. The summed E-state index contributed by atoms with van der Waals surface area (Å²) in [6.45, 7) is 1.03. The Morgan fingerprint density at radius 2 is 1.92 bits per heavy atom. The van der Waals surface area contributed by atoms with Crippen LogP contribution >= 0.6 is 0 Å². The second-order valence-electron chi connectivity index (χ2n) is 6.07. The van der Waals surface area contributed by atoms with Crippen LogP contribution in [0.3, 0.4) is 0 Å². The maximum atomic E-state index is 11.4. The number of benzene rings is 2. The van der Waals surface area contributed by atoms with E-state index in [1.807, 2.05) is 18.2 Å². The Morgan fingerprint density at radius 3 is 2.58 bits per heavy atom. The molecule has 128 valence electrons. The Hall–Kier alpha value is -1.89. The standard InChI is InChI=1S/C18H21NO4S/c1-24(21,22)16-8-6-13(7-9-16)17(20)12-19-11-15-10-14-4-2-3-5-18(14)23-15/h2-9,15,17,19-20H,10-12H2,1H3/t15-,17+/m0/s1. The Bertz CT molecular complexity index is 777. The van der Waals surface area contributed by atoms with Crippen LogP contribution in [0.25, 0.3) is 0 Å². The summed E-state index contributed by atoms with van der Waals surface area (Å²) in [5, 5.41) is 13.4. The Morgan fingerprint density at radius 1 is 1.21 bits per heavy atom. The first-order valence-electron chi connectivity index (χ1n) is 7.87. The van der Waals surface area contributed by atoms with Crippen LogP contribution in [0.2, 0.25) is 0 Å². The average molecular weight is 347 g/mol. The molecule has 0 fully saturated rings. The van der Waals surface area contributed by atoms with Gasteiger partial charge in [-0.2, -0.15) is 0 Å². The summed E-state index contributed by atoms with van der Waals surface area (Å²) in [7, 11) is -3.21. The summed E-state index contributed by atoms with van der Waals surface area (Å²) < 4.78 is 28.7. The molecular weight excluding hydrogens is 326 g/mol. The minimum absolute atomic E-state index is 0.0715. The molecule has 3 rings (SSSR count). The molecule has 0 aromatic heterocycles. The van der Waals surface area contributed by atoms with Crippen molar-refractivity contribution in [3.63, 3.8) is 0 Å². The summed E-state index contributed by atoms with van der Waals surface area (Å²) in [5.74, 6) is 0.932. The van der Waals surface area contributed by atoms with Crippen molar-refractivity contribution in [3.05, 3.63) is 59.7 Å². The lowest BCUT2D eigenvalue weighted by atomic mass is 10.1. The van der Waals surface area contributed by atoms with E-state index in [0.29, 0.717) is 18.7 Å². The highest BCUT2D eigenvalue weighted by molar-refractivity contribution is 7.90. The summed E-state index contributed by atoms with van der Waals surface area (Å²) in [6, 6.07) is 14.3. The molecule has 0 unspecified atom stereocenters. The van der Waals surface area contributed by atoms with Gasteiger partial charge in [0, 0.05) is 25.8 Å². The Kier molecular flexibility index (Phi) is 4.89. The summed E-state index contributed by atoms with van der Waals surface area (Å²) in [5.41, 5.74) is 1.90. The molecule has 0 saturated carbocycles. The number of rotatable bonds is 6. The van der Waals surface area contributed by atoms with Gasteiger partial charge in [-0.25, -0.2) is 8.42 Å². The molecule has 0 amide bonds. The third kappa shape index (κ3) is 3.95. The zero-order valence-electron chi connectivity index (χ0n) is 13.5. The van der Waals surface area contributed by atoms with Crippen molar-refractivity contribution in [2.75, 3.05) is 19.3 Å². The summed E-state index contributed by atoms with van der Waals surface area (Å²) in [4.78, 5) is 0.253. The molecule has 24 heavy (non-hydrogen) atoms. The Labute approximate surface area is 142 Å². The summed E-state index contributed by atoms with van der Waals surface area (Å²) in [6.07, 6.45) is 1.41. The van der Waals surface area contributed by atoms with E-state index in [1.54, 1.807) is 12.1 Å². The largest absolute Gasteiger partial charge is 0.488 e. The number of aliphatic hydroxyl groups is 1. The number of hydrogen-bond donors (Lipinski definition) is 2. The van der Waals surface area contributed by atoms with E-state index < -0.39 is 15.9 Å². The lowest BCUT2D eigenvalue weighted by molar-refractivity contribution is 0.163. The number of hydrogen-bond acceptors (Lipinski definition) is 5. The van der Waals surface area contributed by atoms with Gasteiger partial charge >= 0.3 is 0 Å². The molecule has 1 aliphatic rings. The molecule has 5 nitrogen and oxygen atoms in total. The van der Waals surface area contributed by atoms with Crippen molar-refractivity contribution in [3.8, 4) is 5.75 Å². The minimum atomic E-state index is -3.21. The van der Waals surface area contributed by atoms with Gasteiger partial charge in [-0.3, -0.25) is 0 Å². The SMILES string of the molecule is CS(=O)(=O)c1ccc([C@H](O)CNC[C@@H]2Cc3ccccc3O2)cc1. The fourth-order valence-corrected chi connectivity index (χ4v) is 3.43. The van der Waals surface area contributed by atoms with Crippen molar-refractivity contribution >= 4 is 9.84 Å². The molecule has 1 heterocycles. The number of aliphatic hydroxyl groups excluding tert-OH is 1. The van der Waals surface area contributed by atoms with E-state index in [-0.39, 0.29) is 11.0 Å². The van der Waals surface area contributed by atoms with Crippen molar-refractivity contribution in [1.82, 2.24) is 5.32 Å². The van der Waals surface area contributed by atoms with Crippen molar-refractivity contribution in [2.45, 2.75) is 23.5 Å². The number of nitrogens with one attached hydrogen (secondary N) is 1. The zero-order chi connectivity index (χ0) is 17.2. The number of fused-ring (bicyclic) bond motifs is 1. The first-order valence-corrected chi connectivity index (χ1v) is 9.76. The normalized spacial score (nSPS) is 18.0. The van der Waals surface area contributed by atoms with Crippen molar-refractivity contribution in [1.29, 1.82) is 0 Å². The fourth-order valence-electron chi connectivity index (χ4n) is 2.80. The maximum Gasteiger partial charge on any atom is 0.175 e. The van der Waals surface area contributed by atoms with Gasteiger partial charge in [-0.1, -0.05) is 30.3 Å². The van der Waals surface area contributed by atoms with E-state index in [0.717, 1.165) is 12.2 Å². The van der Waals surface area contributed by atoms with Gasteiger partial charge in [0.25, 0.3) is 0 Å². The first-order chi connectivity index (χ1) is 11.4. The van der Waals surface area contributed by atoms with Crippen LogP contribution < -0.4 is 10.1 Å². The smallest absolute Gasteiger partial charge is 0.175 e. The molecule has 0 aliphatic carbocycles. The van der Waals surface area contributed by atoms with Gasteiger partial charge in [0.1, 0.15) is 11.9 Å². The third-order valence-electron chi connectivity index (χ3n) is 4.12. The molecule has 0 spiro atoms. The van der Waals surface area contributed by atoms with E-state index in [4.69, 9.17) is 4.74 Å². The predicted octanol–water partition coefficient (Wildman–Crippen LogP) is 1.72. The second-order valence-corrected chi connectivity index (χ2v) is 8.08. The van der Waals surface area contributed by atoms with Crippen LogP contribution in [-0.4, -0.2) is 39.0 Å². The molecule has 0 saturated heterocycles.